The third-order valence-electron chi connectivity index (χ3n) is 4.59. The van der Waals surface area contributed by atoms with Crippen LogP contribution in [-0.2, 0) is 35.6 Å². The van der Waals surface area contributed by atoms with Crippen molar-refractivity contribution in [3.05, 3.63) is 101 Å². The van der Waals surface area contributed by atoms with E-state index >= 15 is 0 Å². The summed E-state index contributed by atoms with van der Waals surface area (Å²) in [5, 5.41) is 0. The first-order valence-corrected chi connectivity index (χ1v) is 9.60. The number of hydrogen-bond donors (Lipinski definition) is 0. The largest absolute Gasteiger partial charge is 0.367 e. The van der Waals surface area contributed by atoms with Crippen molar-refractivity contribution < 1.29 is 9.53 Å². The van der Waals surface area contributed by atoms with Crippen LogP contribution in [0.2, 0.25) is 0 Å². The van der Waals surface area contributed by atoms with E-state index in [0.29, 0.717) is 19.7 Å². The summed E-state index contributed by atoms with van der Waals surface area (Å²) >= 11 is 0. The van der Waals surface area contributed by atoms with E-state index in [9.17, 15) is 4.79 Å². The highest BCUT2D eigenvalue weighted by Crippen LogP contribution is 2.12. The lowest BCUT2D eigenvalue weighted by Crippen LogP contribution is -2.33. The van der Waals surface area contributed by atoms with Gasteiger partial charge in [-0.25, -0.2) is 0 Å². The van der Waals surface area contributed by atoms with Gasteiger partial charge in [-0.3, -0.25) is 9.78 Å². The first kappa shape index (κ1) is 19.8. The molecule has 3 aromatic rings. The molecule has 0 saturated carbocycles. The Kier molecular flexibility index (Phi) is 7.33. The highest BCUT2D eigenvalue weighted by Gasteiger charge is 2.15. The third kappa shape index (κ3) is 6.03. The Morgan fingerprint density at radius 2 is 1.54 bits per heavy atom. The molecular weight excluding hydrogens is 348 g/mol. The molecule has 0 spiro atoms. The summed E-state index contributed by atoms with van der Waals surface area (Å²) in [7, 11) is 0. The molecule has 0 bridgehead atoms. The number of aromatic nitrogens is 1. The van der Waals surface area contributed by atoms with Crippen molar-refractivity contribution in [3.63, 3.8) is 0 Å². The molecule has 1 heterocycles. The highest BCUT2D eigenvalue weighted by molar-refractivity contribution is 5.77. The van der Waals surface area contributed by atoms with E-state index in [1.54, 1.807) is 12.4 Å². The van der Waals surface area contributed by atoms with Gasteiger partial charge in [-0.05, 0) is 34.7 Å². The van der Waals surface area contributed by atoms with E-state index in [0.717, 1.165) is 23.1 Å². The number of pyridine rings is 1. The summed E-state index contributed by atoms with van der Waals surface area (Å²) in [4.78, 5) is 18.8. The van der Waals surface area contributed by atoms with Gasteiger partial charge in [-0.15, -0.1) is 0 Å². The van der Waals surface area contributed by atoms with Crippen LogP contribution in [0.1, 0.15) is 29.2 Å². The normalized spacial score (nSPS) is 10.6. The summed E-state index contributed by atoms with van der Waals surface area (Å²) in [6.07, 6.45) is 4.54. The fourth-order valence-electron chi connectivity index (χ4n) is 2.97. The van der Waals surface area contributed by atoms with Crippen molar-refractivity contribution in [1.82, 2.24) is 9.88 Å². The van der Waals surface area contributed by atoms with Gasteiger partial charge in [-0.1, -0.05) is 67.6 Å². The van der Waals surface area contributed by atoms with Gasteiger partial charge >= 0.3 is 0 Å². The molecule has 0 N–H and O–H groups in total. The molecule has 0 fully saturated rings. The maximum absolute atomic E-state index is 12.8. The monoisotopic (exact) mass is 374 g/mol. The predicted molar refractivity (Wildman–Crippen MR) is 110 cm³/mol. The van der Waals surface area contributed by atoms with E-state index in [-0.39, 0.29) is 12.5 Å². The number of hydrogen-bond acceptors (Lipinski definition) is 3. The van der Waals surface area contributed by atoms with Crippen molar-refractivity contribution >= 4 is 5.91 Å². The standard InChI is InChI=1S/C24H26N2O2/c1-2-20-10-12-21(13-11-20)16-26(17-23-9-6-14-25-15-23)24(27)19-28-18-22-7-4-3-5-8-22/h3-15H,2,16-19H2,1H3. The Bertz CT molecular complexity index is 849. The second kappa shape index (κ2) is 10.4. The summed E-state index contributed by atoms with van der Waals surface area (Å²) in [5.74, 6) is -0.0284. The fraction of sp³-hybridized carbons (Fsp3) is 0.250. The molecule has 0 aliphatic heterocycles. The number of carbonyl (C=O) groups excluding carboxylic acids is 1. The zero-order valence-electron chi connectivity index (χ0n) is 16.3. The van der Waals surface area contributed by atoms with Crippen LogP contribution in [0.3, 0.4) is 0 Å². The van der Waals surface area contributed by atoms with Crippen molar-refractivity contribution in [2.45, 2.75) is 33.0 Å². The molecule has 28 heavy (non-hydrogen) atoms. The van der Waals surface area contributed by atoms with Gasteiger partial charge in [0.25, 0.3) is 0 Å². The molecule has 3 rings (SSSR count). The molecule has 0 unspecified atom stereocenters. The lowest BCUT2D eigenvalue weighted by Gasteiger charge is -2.23. The summed E-state index contributed by atoms with van der Waals surface area (Å²) in [6, 6.07) is 22.2. The van der Waals surface area contributed by atoms with Crippen molar-refractivity contribution in [1.29, 1.82) is 0 Å². The number of aryl methyl sites for hydroxylation is 1. The van der Waals surface area contributed by atoms with Gasteiger partial charge in [0.15, 0.2) is 0 Å². The maximum Gasteiger partial charge on any atom is 0.249 e. The zero-order chi connectivity index (χ0) is 19.6. The second-order valence-corrected chi connectivity index (χ2v) is 6.76. The highest BCUT2D eigenvalue weighted by atomic mass is 16.5. The zero-order valence-corrected chi connectivity index (χ0v) is 16.3. The maximum atomic E-state index is 12.8. The molecule has 1 aromatic heterocycles. The van der Waals surface area contributed by atoms with Crippen molar-refractivity contribution in [2.24, 2.45) is 0 Å². The van der Waals surface area contributed by atoms with Crippen LogP contribution < -0.4 is 0 Å². The lowest BCUT2D eigenvalue weighted by atomic mass is 10.1. The molecule has 0 radical (unpaired) electrons. The summed E-state index contributed by atoms with van der Waals surface area (Å²) in [6.45, 7) is 3.68. The van der Waals surface area contributed by atoms with Gasteiger partial charge in [0.1, 0.15) is 6.61 Å². The van der Waals surface area contributed by atoms with Crippen LogP contribution in [0.5, 0.6) is 0 Å². The van der Waals surface area contributed by atoms with Gasteiger partial charge in [-0.2, -0.15) is 0 Å². The predicted octanol–water partition coefficient (Wildman–Crippen LogP) is 4.39. The minimum Gasteiger partial charge on any atom is -0.367 e. The van der Waals surface area contributed by atoms with Crippen molar-refractivity contribution in [3.8, 4) is 0 Å². The Balaban J connectivity index is 1.64. The smallest absolute Gasteiger partial charge is 0.249 e. The van der Waals surface area contributed by atoms with E-state index < -0.39 is 0 Å². The quantitative estimate of drug-likeness (QED) is 0.558. The first-order valence-electron chi connectivity index (χ1n) is 9.60. The Labute approximate surface area is 166 Å². The lowest BCUT2D eigenvalue weighted by molar-refractivity contribution is -0.137. The molecule has 144 valence electrons. The third-order valence-corrected chi connectivity index (χ3v) is 4.59. The van der Waals surface area contributed by atoms with Crippen LogP contribution in [0.15, 0.2) is 79.1 Å². The molecule has 4 heteroatoms. The molecule has 2 aromatic carbocycles. The van der Waals surface area contributed by atoms with E-state index in [2.05, 4.69) is 36.2 Å². The Morgan fingerprint density at radius 1 is 0.857 bits per heavy atom. The number of benzene rings is 2. The van der Waals surface area contributed by atoms with Crippen LogP contribution in [0, 0.1) is 0 Å². The van der Waals surface area contributed by atoms with Crippen LogP contribution >= 0.6 is 0 Å². The summed E-state index contributed by atoms with van der Waals surface area (Å²) < 4.78 is 5.67. The van der Waals surface area contributed by atoms with Gasteiger partial charge < -0.3 is 9.64 Å². The number of rotatable bonds is 9. The van der Waals surface area contributed by atoms with E-state index in [1.165, 1.54) is 5.56 Å². The minimum atomic E-state index is -0.0284. The van der Waals surface area contributed by atoms with Crippen LogP contribution in [0.4, 0.5) is 0 Å². The average Bonchev–Trinajstić information content (AvgIpc) is 2.75. The molecular formula is C24H26N2O2. The number of carbonyl (C=O) groups is 1. The van der Waals surface area contributed by atoms with E-state index in [1.807, 2.05) is 47.4 Å². The average molecular weight is 374 g/mol. The number of amides is 1. The first-order chi connectivity index (χ1) is 13.7. The van der Waals surface area contributed by atoms with Crippen LogP contribution in [0.25, 0.3) is 0 Å². The van der Waals surface area contributed by atoms with E-state index in [4.69, 9.17) is 4.74 Å². The fourth-order valence-corrected chi connectivity index (χ4v) is 2.97. The molecule has 4 nitrogen and oxygen atoms in total. The molecule has 0 atom stereocenters. The van der Waals surface area contributed by atoms with Gasteiger partial charge in [0.2, 0.25) is 5.91 Å². The van der Waals surface area contributed by atoms with Crippen LogP contribution in [-0.4, -0.2) is 22.4 Å². The number of nitrogens with zero attached hydrogens (tertiary/aromatic N) is 2. The number of ether oxygens (including phenoxy) is 1. The molecule has 1 amide bonds. The topological polar surface area (TPSA) is 42.4 Å². The Morgan fingerprint density at radius 3 is 2.21 bits per heavy atom. The molecule has 0 aliphatic carbocycles. The SMILES string of the molecule is CCc1ccc(CN(Cc2cccnc2)C(=O)COCc2ccccc2)cc1. The minimum absolute atomic E-state index is 0.0284. The second-order valence-electron chi connectivity index (χ2n) is 6.76. The van der Waals surface area contributed by atoms with Gasteiger partial charge in [0, 0.05) is 25.5 Å². The van der Waals surface area contributed by atoms with Gasteiger partial charge in [0.05, 0.1) is 6.61 Å². The molecule has 0 aliphatic rings. The summed E-state index contributed by atoms with van der Waals surface area (Å²) in [5.41, 5.74) is 4.46. The molecule has 0 saturated heterocycles. The van der Waals surface area contributed by atoms with Crippen molar-refractivity contribution in [2.75, 3.05) is 6.61 Å². The Hall–Kier alpha value is -2.98.